The summed E-state index contributed by atoms with van der Waals surface area (Å²) < 4.78 is 38.6. The molecule has 0 bridgehead atoms. The van der Waals surface area contributed by atoms with Crippen LogP contribution in [-0.4, -0.2) is 56.3 Å². The van der Waals surface area contributed by atoms with E-state index < -0.39 is 28.5 Å². The van der Waals surface area contributed by atoms with Crippen molar-refractivity contribution in [2.75, 3.05) is 23.4 Å². The standard InChI is InChI=1S/C31H36ClN3O6S/c1-4-22(3)33-31(37)27(17-23-11-7-6-8-12-23)34(19-24-13-9-10-14-26(24)32)30(36)20-35(42(38,39)5-2)25-15-16-28-29(18-25)41-21-40-28/h6-16,18,22,27H,4-5,17,19-21H2,1-3H3,(H,33,37)/t22-,27-/m1/s1. The molecule has 0 fully saturated rings. The number of benzene rings is 3. The predicted molar refractivity (Wildman–Crippen MR) is 163 cm³/mol. The summed E-state index contributed by atoms with van der Waals surface area (Å²) in [7, 11) is -3.91. The Morgan fingerprint density at radius 2 is 1.67 bits per heavy atom. The quantitative estimate of drug-likeness (QED) is 0.298. The SMILES string of the molecule is CC[C@@H](C)NC(=O)[C@@H](Cc1ccccc1)N(Cc1ccccc1Cl)C(=O)CN(c1ccc2c(c1)OCO2)S(=O)(=O)CC. The predicted octanol–water partition coefficient (Wildman–Crippen LogP) is 4.78. The molecule has 0 unspecified atom stereocenters. The summed E-state index contributed by atoms with van der Waals surface area (Å²) in [6.07, 6.45) is 0.929. The van der Waals surface area contributed by atoms with Crippen molar-refractivity contribution in [2.45, 2.75) is 52.2 Å². The zero-order valence-electron chi connectivity index (χ0n) is 24.0. The number of nitrogens with zero attached hydrogens (tertiary/aromatic N) is 2. The second kappa shape index (κ2) is 13.9. The Labute approximate surface area is 252 Å². The summed E-state index contributed by atoms with van der Waals surface area (Å²) in [4.78, 5) is 29.5. The lowest BCUT2D eigenvalue weighted by atomic mass is 10.0. The van der Waals surface area contributed by atoms with Crippen LogP contribution < -0.4 is 19.1 Å². The van der Waals surface area contributed by atoms with Gasteiger partial charge in [0, 0.05) is 30.1 Å². The smallest absolute Gasteiger partial charge is 0.244 e. The van der Waals surface area contributed by atoms with E-state index in [1.165, 1.54) is 17.9 Å². The number of carbonyl (C=O) groups is 2. The maximum absolute atomic E-state index is 14.3. The number of ether oxygens (including phenoxy) is 2. The van der Waals surface area contributed by atoms with Crippen LogP contribution in [0.4, 0.5) is 5.69 Å². The zero-order valence-corrected chi connectivity index (χ0v) is 25.5. The van der Waals surface area contributed by atoms with E-state index >= 15 is 0 Å². The van der Waals surface area contributed by atoms with Gasteiger partial charge in [0.15, 0.2) is 11.5 Å². The summed E-state index contributed by atoms with van der Waals surface area (Å²) in [5, 5.41) is 3.45. The minimum Gasteiger partial charge on any atom is -0.454 e. The average Bonchev–Trinajstić information content (AvgIpc) is 3.46. The molecule has 9 nitrogen and oxygen atoms in total. The number of fused-ring (bicyclic) bond motifs is 1. The van der Waals surface area contributed by atoms with Crippen LogP contribution in [0.3, 0.4) is 0 Å². The van der Waals surface area contributed by atoms with Crippen molar-refractivity contribution in [3.63, 3.8) is 0 Å². The van der Waals surface area contributed by atoms with Gasteiger partial charge >= 0.3 is 0 Å². The normalized spacial score (nSPS) is 13.7. The molecule has 1 heterocycles. The highest BCUT2D eigenvalue weighted by Gasteiger charge is 2.34. The molecule has 0 spiro atoms. The summed E-state index contributed by atoms with van der Waals surface area (Å²) in [5.41, 5.74) is 1.75. The molecular weight excluding hydrogens is 578 g/mol. The van der Waals surface area contributed by atoms with E-state index in [0.717, 1.165) is 9.87 Å². The first kappa shape index (κ1) is 31.2. The van der Waals surface area contributed by atoms with Crippen molar-refractivity contribution >= 4 is 39.1 Å². The van der Waals surface area contributed by atoms with E-state index in [0.29, 0.717) is 28.5 Å². The van der Waals surface area contributed by atoms with Crippen molar-refractivity contribution in [1.29, 1.82) is 0 Å². The first-order valence-electron chi connectivity index (χ1n) is 13.9. The zero-order chi connectivity index (χ0) is 30.3. The number of sulfonamides is 1. The Hall–Kier alpha value is -3.76. The Morgan fingerprint density at radius 1 is 0.976 bits per heavy atom. The minimum absolute atomic E-state index is 0.00504. The molecule has 0 aliphatic carbocycles. The van der Waals surface area contributed by atoms with Crippen LogP contribution in [0.1, 0.15) is 38.3 Å². The molecule has 0 aromatic heterocycles. The molecule has 4 rings (SSSR count). The van der Waals surface area contributed by atoms with Gasteiger partial charge in [0.25, 0.3) is 0 Å². The molecular formula is C31H36ClN3O6S. The van der Waals surface area contributed by atoms with Gasteiger partial charge in [-0.05, 0) is 49.6 Å². The van der Waals surface area contributed by atoms with Crippen LogP contribution in [0.25, 0.3) is 0 Å². The molecule has 0 saturated heterocycles. The maximum Gasteiger partial charge on any atom is 0.244 e. The number of carbonyl (C=O) groups excluding carboxylic acids is 2. The van der Waals surface area contributed by atoms with Crippen LogP contribution in [0.2, 0.25) is 5.02 Å². The second-order valence-corrected chi connectivity index (χ2v) is 12.7. The molecule has 42 heavy (non-hydrogen) atoms. The number of halogens is 1. The van der Waals surface area contributed by atoms with Crippen molar-refractivity contribution in [3.8, 4) is 11.5 Å². The average molecular weight is 614 g/mol. The van der Waals surface area contributed by atoms with Gasteiger partial charge in [-0.1, -0.05) is 67.1 Å². The van der Waals surface area contributed by atoms with Gasteiger partial charge in [-0.25, -0.2) is 8.42 Å². The van der Waals surface area contributed by atoms with Gasteiger partial charge in [-0.3, -0.25) is 13.9 Å². The second-order valence-electron chi connectivity index (χ2n) is 10.1. The first-order valence-corrected chi connectivity index (χ1v) is 15.9. The lowest BCUT2D eigenvalue weighted by Crippen LogP contribution is -2.54. The van der Waals surface area contributed by atoms with Crippen LogP contribution in [0.5, 0.6) is 11.5 Å². The van der Waals surface area contributed by atoms with E-state index in [4.69, 9.17) is 21.1 Å². The molecule has 1 N–H and O–H groups in total. The van der Waals surface area contributed by atoms with Crippen molar-refractivity contribution in [1.82, 2.24) is 10.2 Å². The lowest BCUT2D eigenvalue weighted by molar-refractivity contribution is -0.140. The van der Waals surface area contributed by atoms with Gasteiger partial charge in [-0.15, -0.1) is 0 Å². The van der Waals surface area contributed by atoms with E-state index in [-0.39, 0.29) is 43.1 Å². The van der Waals surface area contributed by atoms with Crippen LogP contribution in [0, 0.1) is 0 Å². The molecule has 1 aliphatic rings. The van der Waals surface area contributed by atoms with Crippen molar-refractivity contribution in [3.05, 3.63) is 88.9 Å². The highest BCUT2D eigenvalue weighted by molar-refractivity contribution is 7.92. The number of anilines is 1. The van der Waals surface area contributed by atoms with Gasteiger partial charge in [-0.2, -0.15) is 0 Å². The molecule has 2 amide bonds. The molecule has 3 aromatic rings. The Balaban J connectivity index is 1.76. The fourth-order valence-corrected chi connectivity index (χ4v) is 5.81. The topological polar surface area (TPSA) is 105 Å². The summed E-state index contributed by atoms with van der Waals surface area (Å²) in [5.74, 6) is -0.240. The molecule has 0 radical (unpaired) electrons. The monoisotopic (exact) mass is 613 g/mol. The molecule has 1 aliphatic heterocycles. The fourth-order valence-electron chi connectivity index (χ4n) is 4.57. The third-order valence-electron chi connectivity index (χ3n) is 7.19. The Kier molecular flexibility index (Phi) is 10.3. The summed E-state index contributed by atoms with van der Waals surface area (Å²) in [6.45, 7) is 4.87. The molecule has 11 heteroatoms. The minimum atomic E-state index is -3.91. The van der Waals surface area contributed by atoms with Gasteiger partial charge in [0.2, 0.25) is 28.6 Å². The highest BCUT2D eigenvalue weighted by atomic mass is 35.5. The number of rotatable bonds is 13. The van der Waals surface area contributed by atoms with Crippen molar-refractivity contribution < 1.29 is 27.5 Å². The van der Waals surface area contributed by atoms with E-state index in [2.05, 4.69) is 5.32 Å². The summed E-state index contributed by atoms with van der Waals surface area (Å²) >= 11 is 6.50. The third-order valence-corrected chi connectivity index (χ3v) is 9.30. The first-order chi connectivity index (χ1) is 20.1. The molecule has 3 aromatic carbocycles. The van der Waals surface area contributed by atoms with Gasteiger partial charge < -0.3 is 19.7 Å². The maximum atomic E-state index is 14.3. The Bertz CT molecular complexity index is 1500. The molecule has 0 saturated carbocycles. The fraction of sp³-hybridized carbons (Fsp3) is 0.355. The van der Waals surface area contributed by atoms with Crippen LogP contribution >= 0.6 is 11.6 Å². The molecule has 2 atom stereocenters. The Morgan fingerprint density at radius 3 is 2.36 bits per heavy atom. The number of hydrogen-bond acceptors (Lipinski definition) is 6. The van der Waals surface area contributed by atoms with Crippen LogP contribution in [0.15, 0.2) is 72.8 Å². The van der Waals surface area contributed by atoms with E-state index in [1.54, 1.807) is 36.4 Å². The molecule has 224 valence electrons. The lowest BCUT2D eigenvalue weighted by Gasteiger charge is -2.34. The van der Waals surface area contributed by atoms with Crippen molar-refractivity contribution in [2.24, 2.45) is 0 Å². The number of hydrogen-bond donors (Lipinski definition) is 1. The number of amides is 2. The summed E-state index contributed by atoms with van der Waals surface area (Å²) in [6, 6.07) is 20.1. The van der Waals surface area contributed by atoms with Crippen LogP contribution in [-0.2, 0) is 32.6 Å². The largest absolute Gasteiger partial charge is 0.454 e. The van der Waals surface area contributed by atoms with E-state index in [1.807, 2.05) is 44.2 Å². The highest BCUT2D eigenvalue weighted by Crippen LogP contribution is 2.36. The van der Waals surface area contributed by atoms with Gasteiger partial charge in [0.05, 0.1) is 11.4 Å². The number of nitrogens with one attached hydrogen (secondary N) is 1. The third kappa shape index (κ3) is 7.54. The van der Waals surface area contributed by atoms with Gasteiger partial charge in [0.1, 0.15) is 12.6 Å². The van der Waals surface area contributed by atoms with E-state index in [9.17, 15) is 18.0 Å².